The van der Waals surface area contributed by atoms with Crippen molar-refractivity contribution in [3.8, 4) is 0 Å². The van der Waals surface area contributed by atoms with Crippen molar-refractivity contribution in [2.24, 2.45) is 0 Å². The molecule has 0 aromatic heterocycles. The molecule has 0 saturated carbocycles. The Morgan fingerprint density at radius 1 is 1.05 bits per heavy atom. The number of likely N-dealkylation sites (N-methyl/N-ethyl adjacent to an activating group) is 1. The van der Waals surface area contributed by atoms with Gasteiger partial charge in [-0.05, 0) is 42.2 Å². The van der Waals surface area contributed by atoms with Crippen LogP contribution in [0.1, 0.15) is 22.3 Å². The Morgan fingerprint density at radius 2 is 1.81 bits per heavy atom. The van der Waals surface area contributed by atoms with Crippen molar-refractivity contribution in [3.05, 3.63) is 64.7 Å². The Bertz CT molecular complexity index is 635. The van der Waals surface area contributed by atoms with Crippen molar-refractivity contribution in [2.75, 3.05) is 12.4 Å². The second-order valence-electron chi connectivity index (χ2n) is 5.28. The van der Waals surface area contributed by atoms with E-state index in [4.69, 9.17) is 0 Å². The molecule has 2 rings (SSSR count). The monoisotopic (exact) mass is 282 g/mol. The quantitative estimate of drug-likeness (QED) is 0.884. The molecule has 0 aliphatic rings. The Hall–Kier alpha value is -2.29. The summed E-state index contributed by atoms with van der Waals surface area (Å²) in [5, 5.41) is 6.09. The Kier molecular flexibility index (Phi) is 4.99. The topological polar surface area (TPSA) is 41.1 Å². The van der Waals surface area contributed by atoms with Crippen LogP contribution in [0, 0.1) is 13.8 Å². The number of carbonyl (C=O) groups excluding carboxylic acids is 1. The second-order valence-corrected chi connectivity index (χ2v) is 5.28. The number of amides is 1. The normalized spacial score (nSPS) is 10.2. The molecule has 1 amide bonds. The lowest BCUT2D eigenvalue weighted by Gasteiger charge is -2.12. The Balaban J connectivity index is 2.09. The zero-order chi connectivity index (χ0) is 15.2. The minimum atomic E-state index is 0.0235. The molecule has 0 atom stereocenters. The summed E-state index contributed by atoms with van der Waals surface area (Å²) in [7, 11) is 1.66. The lowest BCUT2D eigenvalue weighted by Crippen LogP contribution is -2.20. The van der Waals surface area contributed by atoms with Crippen LogP contribution in [-0.4, -0.2) is 13.0 Å². The van der Waals surface area contributed by atoms with Crippen LogP contribution in [0.4, 0.5) is 5.69 Å². The molecule has 0 unspecified atom stereocenters. The zero-order valence-electron chi connectivity index (χ0n) is 12.9. The van der Waals surface area contributed by atoms with Crippen molar-refractivity contribution >= 4 is 11.6 Å². The number of hydrogen-bond donors (Lipinski definition) is 2. The van der Waals surface area contributed by atoms with E-state index in [0.717, 1.165) is 17.8 Å². The van der Waals surface area contributed by atoms with E-state index in [2.05, 4.69) is 42.7 Å². The zero-order valence-corrected chi connectivity index (χ0v) is 12.9. The summed E-state index contributed by atoms with van der Waals surface area (Å²) in [4.78, 5) is 11.6. The number of benzene rings is 2. The Morgan fingerprint density at radius 3 is 2.52 bits per heavy atom. The first kappa shape index (κ1) is 15.1. The third-order valence-corrected chi connectivity index (χ3v) is 3.70. The summed E-state index contributed by atoms with van der Waals surface area (Å²) in [6.45, 7) is 5.00. The number of carbonyl (C=O) groups is 1. The van der Waals surface area contributed by atoms with Gasteiger partial charge in [-0.3, -0.25) is 4.79 Å². The van der Waals surface area contributed by atoms with Gasteiger partial charge in [-0.1, -0.05) is 36.4 Å². The summed E-state index contributed by atoms with van der Waals surface area (Å²) >= 11 is 0. The molecular weight excluding hydrogens is 260 g/mol. The standard InChI is InChI=1S/C18H22N2O/c1-13-8-9-15(10-14(13)2)12-20-17-7-5-4-6-16(17)11-18(21)19-3/h4-10,20H,11-12H2,1-3H3,(H,19,21). The highest BCUT2D eigenvalue weighted by Crippen LogP contribution is 2.18. The Labute approximate surface area is 126 Å². The lowest BCUT2D eigenvalue weighted by atomic mass is 10.1. The lowest BCUT2D eigenvalue weighted by molar-refractivity contribution is -0.119. The maximum Gasteiger partial charge on any atom is 0.224 e. The van der Waals surface area contributed by atoms with Gasteiger partial charge in [0.15, 0.2) is 0 Å². The molecule has 0 spiro atoms. The average Bonchev–Trinajstić information content (AvgIpc) is 2.49. The van der Waals surface area contributed by atoms with E-state index in [0.29, 0.717) is 6.42 Å². The molecule has 0 fully saturated rings. The minimum Gasteiger partial charge on any atom is -0.381 e. The van der Waals surface area contributed by atoms with E-state index in [-0.39, 0.29) is 5.91 Å². The van der Waals surface area contributed by atoms with Crippen molar-refractivity contribution in [3.63, 3.8) is 0 Å². The third-order valence-electron chi connectivity index (χ3n) is 3.70. The second kappa shape index (κ2) is 6.93. The first-order chi connectivity index (χ1) is 10.1. The van der Waals surface area contributed by atoms with Gasteiger partial charge in [-0.2, -0.15) is 0 Å². The smallest absolute Gasteiger partial charge is 0.224 e. The molecule has 0 radical (unpaired) electrons. The SMILES string of the molecule is CNC(=O)Cc1ccccc1NCc1ccc(C)c(C)c1. The molecule has 110 valence electrons. The highest BCUT2D eigenvalue weighted by atomic mass is 16.1. The molecule has 21 heavy (non-hydrogen) atoms. The third kappa shape index (κ3) is 4.09. The number of para-hydroxylation sites is 1. The predicted molar refractivity (Wildman–Crippen MR) is 87.5 cm³/mol. The molecule has 0 aliphatic heterocycles. The van der Waals surface area contributed by atoms with E-state index in [1.54, 1.807) is 7.05 Å². The van der Waals surface area contributed by atoms with E-state index in [1.165, 1.54) is 16.7 Å². The molecule has 3 nitrogen and oxygen atoms in total. The summed E-state index contributed by atoms with van der Waals surface area (Å²) in [6.07, 6.45) is 0.395. The molecule has 0 aliphatic carbocycles. The van der Waals surface area contributed by atoms with Gasteiger partial charge in [0.25, 0.3) is 0 Å². The maximum absolute atomic E-state index is 11.6. The molecule has 2 aromatic carbocycles. The van der Waals surface area contributed by atoms with Gasteiger partial charge < -0.3 is 10.6 Å². The first-order valence-corrected chi connectivity index (χ1v) is 7.18. The van der Waals surface area contributed by atoms with Crippen LogP contribution < -0.4 is 10.6 Å². The molecule has 3 heteroatoms. The molecule has 2 aromatic rings. The van der Waals surface area contributed by atoms with Crippen LogP contribution in [0.25, 0.3) is 0 Å². The number of nitrogens with one attached hydrogen (secondary N) is 2. The van der Waals surface area contributed by atoms with Gasteiger partial charge in [0.05, 0.1) is 6.42 Å². The molecule has 0 heterocycles. The van der Waals surface area contributed by atoms with Crippen LogP contribution in [0.2, 0.25) is 0 Å². The average molecular weight is 282 g/mol. The number of rotatable bonds is 5. The molecular formula is C18H22N2O. The highest BCUT2D eigenvalue weighted by molar-refractivity contribution is 5.80. The fourth-order valence-electron chi connectivity index (χ4n) is 2.22. The number of hydrogen-bond acceptors (Lipinski definition) is 2. The van der Waals surface area contributed by atoms with Crippen LogP contribution in [-0.2, 0) is 17.8 Å². The fraction of sp³-hybridized carbons (Fsp3) is 0.278. The minimum absolute atomic E-state index is 0.0235. The van der Waals surface area contributed by atoms with Crippen molar-refractivity contribution in [1.82, 2.24) is 5.32 Å². The first-order valence-electron chi connectivity index (χ1n) is 7.18. The highest BCUT2D eigenvalue weighted by Gasteiger charge is 2.06. The van der Waals surface area contributed by atoms with Gasteiger partial charge in [0.2, 0.25) is 5.91 Å². The van der Waals surface area contributed by atoms with Crippen molar-refractivity contribution in [1.29, 1.82) is 0 Å². The fourth-order valence-corrected chi connectivity index (χ4v) is 2.22. The van der Waals surface area contributed by atoms with E-state index in [9.17, 15) is 4.79 Å². The van der Waals surface area contributed by atoms with Crippen LogP contribution in [0.15, 0.2) is 42.5 Å². The van der Waals surface area contributed by atoms with Gasteiger partial charge in [0, 0.05) is 19.3 Å². The van der Waals surface area contributed by atoms with E-state index < -0.39 is 0 Å². The van der Waals surface area contributed by atoms with Crippen LogP contribution in [0.3, 0.4) is 0 Å². The largest absolute Gasteiger partial charge is 0.381 e. The maximum atomic E-state index is 11.6. The number of aryl methyl sites for hydroxylation is 2. The molecule has 0 saturated heterocycles. The van der Waals surface area contributed by atoms with Gasteiger partial charge >= 0.3 is 0 Å². The molecule has 0 bridgehead atoms. The van der Waals surface area contributed by atoms with Gasteiger partial charge in [-0.15, -0.1) is 0 Å². The summed E-state index contributed by atoms with van der Waals surface area (Å²) in [5.41, 5.74) is 5.87. The van der Waals surface area contributed by atoms with E-state index >= 15 is 0 Å². The van der Waals surface area contributed by atoms with Crippen molar-refractivity contribution < 1.29 is 4.79 Å². The van der Waals surface area contributed by atoms with Crippen LogP contribution >= 0.6 is 0 Å². The van der Waals surface area contributed by atoms with Crippen molar-refractivity contribution in [2.45, 2.75) is 26.8 Å². The number of anilines is 1. The summed E-state index contributed by atoms with van der Waals surface area (Å²) < 4.78 is 0. The molecule has 2 N–H and O–H groups in total. The predicted octanol–water partition coefficient (Wildman–Crippen LogP) is 3.20. The van der Waals surface area contributed by atoms with Crippen LogP contribution in [0.5, 0.6) is 0 Å². The van der Waals surface area contributed by atoms with E-state index in [1.807, 2.05) is 24.3 Å². The summed E-state index contributed by atoms with van der Waals surface area (Å²) in [6, 6.07) is 14.4. The van der Waals surface area contributed by atoms with Gasteiger partial charge in [0.1, 0.15) is 0 Å². The van der Waals surface area contributed by atoms with Gasteiger partial charge in [-0.25, -0.2) is 0 Å². The summed E-state index contributed by atoms with van der Waals surface area (Å²) in [5.74, 6) is 0.0235.